The maximum Gasteiger partial charge on any atom is 0.265 e. The lowest BCUT2D eigenvalue weighted by atomic mass is 10.4. The largest absolute Gasteiger partial charge is 0.382 e. The van der Waals surface area contributed by atoms with Crippen LogP contribution >= 0.6 is 22.7 Å². The van der Waals surface area contributed by atoms with Crippen molar-refractivity contribution in [3.63, 3.8) is 0 Å². The van der Waals surface area contributed by atoms with Crippen molar-refractivity contribution in [3.05, 3.63) is 21.0 Å². The average molecular weight is 325 g/mol. The summed E-state index contributed by atoms with van der Waals surface area (Å²) >= 11 is 2.88. The molecule has 0 atom stereocenters. The van der Waals surface area contributed by atoms with E-state index in [-0.39, 0.29) is 11.7 Å². The van der Waals surface area contributed by atoms with Gasteiger partial charge < -0.3 is 16.0 Å². The zero-order chi connectivity index (χ0) is 15.4. The van der Waals surface area contributed by atoms with Crippen molar-refractivity contribution in [3.8, 4) is 0 Å². The van der Waals surface area contributed by atoms with Crippen LogP contribution in [0.5, 0.6) is 0 Å². The molecular weight excluding hydrogens is 306 g/mol. The summed E-state index contributed by atoms with van der Waals surface area (Å²) in [5.74, 6) is 0.0803. The van der Waals surface area contributed by atoms with Gasteiger partial charge in [0, 0.05) is 19.0 Å². The predicted molar refractivity (Wildman–Crippen MR) is 88.1 cm³/mol. The lowest BCUT2D eigenvalue weighted by molar-refractivity contribution is 0.0955. The van der Waals surface area contributed by atoms with Crippen LogP contribution in [0.2, 0.25) is 0 Å². The van der Waals surface area contributed by atoms with Crippen LogP contribution in [0.4, 0.5) is 10.9 Å². The second-order valence-electron chi connectivity index (χ2n) is 4.67. The molecule has 0 aromatic carbocycles. The molecule has 21 heavy (non-hydrogen) atoms. The first-order valence-electron chi connectivity index (χ1n) is 6.68. The summed E-state index contributed by atoms with van der Waals surface area (Å²) in [4.78, 5) is 23.2. The fourth-order valence-electron chi connectivity index (χ4n) is 1.82. The SMILES string of the molecule is CCCN(C)c1nc(N)c(C(=O)NCc2csc(C)n2)s1. The third-order valence-corrected chi connectivity index (χ3v) is 4.84. The van der Waals surface area contributed by atoms with Gasteiger partial charge in [-0.2, -0.15) is 0 Å². The number of amides is 1. The second kappa shape index (κ2) is 6.86. The standard InChI is InChI=1S/C13H19N5OS2/c1-4-5-18(3)13-17-11(14)10(21-13)12(19)15-6-9-7-20-8(2)16-9/h7H,4-6,14H2,1-3H3,(H,15,19). The number of nitrogens with one attached hydrogen (secondary N) is 1. The number of aryl methyl sites for hydroxylation is 1. The second-order valence-corrected chi connectivity index (χ2v) is 6.71. The van der Waals surface area contributed by atoms with Gasteiger partial charge in [-0.05, 0) is 13.3 Å². The summed E-state index contributed by atoms with van der Waals surface area (Å²) in [5.41, 5.74) is 6.71. The molecule has 0 saturated carbocycles. The average Bonchev–Trinajstić information content (AvgIpc) is 3.02. The molecule has 0 aliphatic carbocycles. The number of nitrogens with two attached hydrogens (primary N) is 1. The van der Waals surface area contributed by atoms with E-state index in [1.54, 1.807) is 11.3 Å². The first kappa shape index (κ1) is 15.7. The van der Waals surface area contributed by atoms with Gasteiger partial charge in [0.05, 0.1) is 17.2 Å². The molecule has 0 bridgehead atoms. The normalized spacial score (nSPS) is 10.6. The van der Waals surface area contributed by atoms with E-state index in [1.165, 1.54) is 11.3 Å². The minimum Gasteiger partial charge on any atom is -0.382 e. The predicted octanol–water partition coefficient (Wildman–Crippen LogP) is 2.27. The van der Waals surface area contributed by atoms with Gasteiger partial charge >= 0.3 is 0 Å². The maximum atomic E-state index is 12.2. The lowest BCUT2D eigenvalue weighted by Crippen LogP contribution is -2.22. The molecule has 0 spiro atoms. The highest BCUT2D eigenvalue weighted by molar-refractivity contribution is 7.18. The van der Waals surface area contributed by atoms with Gasteiger partial charge in [0.2, 0.25) is 0 Å². The Hall–Kier alpha value is -1.67. The van der Waals surface area contributed by atoms with Gasteiger partial charge in [-0.25, -0.2) is 9.97 Å². The van der Waals surface area contributed by atoms with Gasteiger partial charge in [0.15, 0.2) is 5.13 Å². The third-order valence-electron chi connectivity index (χ3n) is 2.83. The fraction of sp³-hybridized carbons (Fsp3) is 0.462. The van der Waals surface area contributed by atoms with E-state index in [1.807, 2.05) is 24.3 Å². The molecular formula is C13H19N5OS2. The van der Waals surface area contributed by atoms with Gasteiger partial charge in [-0.1, -0.05) is 18.3 Å². The highest BCUT2D eigenvalue weighted by Crippen LogP contribution is 2.27. The highest BCUT2D eigenvalue weighted by atomic mass is 32.1. The number of rotatable bonds is 6. The van der Waals surface area contributed by atoms with Crippen molar-refractivity contribution >= 4 is 39.5 Å². The molecule has 3 N–H and O–H groups in total. The van der Waals surface area contributed by atoms with E-state index in [4.69, 9.17) is 5.73 Å². The van der Waals surface area contributed by atoms with Gasteiger partial charge in [0.25, 0.3) is 5.91 Å². The minimum absolute atomic E-state index is 0.202. The molecule has 0 saturated heterocycles. The quantitative estimate of drug-likeness (QED) is 0.851. The van der Waals surface area contributed by atoms with Gasteiger partial charge in [-0.3, -0.25) is 4.79 Å². The summed E-state index contributed by atoms with van der Waals surface area (Å²) in [7, 11) is 1.95. The van der Waals surface area contributed by atoms with Crippen molar-refractivity contribution in [2.24, 2.45) is 0 Å². The summed E-state index contributed by atoms with van der Waals surface area (Å²) in [6.45, 7) is 5.32. The molecule has 0 aliphatic rings. The van der Waals surface area contributed by atoms with Gasteiger partial charge in [-0.15, -0.1) is 11.3 Å². The number of aromatic nitrogens is 2. The van der Waals surface area contributed by atoms with Crippen molar-refractivity contribution < 1.29 is 4.79 Å². The number of nitrogens with zero attached hydrogens (tertiary/aromatic N) is 3. The van der Waals surface area contributed by atoms with E-state index < -0.39 is 0 Å². The molecule has 1 amide bonds. The molecule has 2 heterocycles. The van der Waals surface area contributed by atoms with E-state index in [2.05, 4.69) is 22.2 Å². The monoisotopic (exact) mass is 325 g/mol. The molecule has 2 aromatic heterocycles. The van der Waals surface area contributed by atoms with Gasteiger partial charge in [0.1, 0.15) is 10.7 Å². The van der Waals surface area contributed by atoms with Crippen LogP contribution in [0.15, 0.2) is 5.38 Å². The first-order chi connectivity index (χ1) is 10.0. The molecule has 114 valence electrons. The Labute approximate surface area is 132 Å². The van der Waals surface area contributed by atoms with Crippen molar-refractivity contribution in [2.45, 2.75) is 26.8 Å². The fourth-order valence-corrected chi connectivity index (χ4v) is 3.32. The minimum atomic E-state index is -0.202. The van der Waals surface area contributed by atoms with Crippen LogP contribution < -0.4 is 16.0 Å². The number of carbonyl (C=O) groups excluding carboxylic acids is 1. The summed E-state index contributed by atoms with van der Waals surface area (Å²) in [5, 5.41) is 6.52. The van der Waals surface area contributed by atoms with Crippen LogP contribution in [-0.4, -0.2) is 29.5 Å². The van der Waals surface area contributed by atoms with E-state index in [0.29, 0.717) is 11.4 Å². The molecule has 0 fully saturated rings. The number of anilines is 2. The third kappa shape index (κ3) is 3.92. The zero-order valence-corrected chi connectivity index (χ0v) is 14.0. The zero-order valence-electron chi connectivity index (χ0n) is 12.3. The molecule has 2 rings (SSSR count). The molecule has 6 nitrogen and oxygen atoms in total. The number of hydrogen-bond acceptors (Lipinski definition) is 7. The first-order valence-corrected chi connectivity index (χ1v) is 8.37. The number of carbonyl (C=O) groups is 1. The molecule has 0 radical (unpaired) electrons. The van der Waals surface area contributed by atoms with Crippen molar-refractivity contribution in [2.75, 3.05) is 24.2 Å². The number of thiazole rings is 2. The number of nitrogen functional groups attached to an aromatic ring is 1. The smallest absolute Gasteiger partial charge is 0.265 e. The van der Waals surface area contributed by atoms with E-state index in [0.717, 1.165) is 28.8 Å². The Bertz CT molecular complexity index is 622. The van der Waals surface area contributed by atoms with Crippen molar-refractivity contribution in [1.29, 1.82) is 0 Å². The van der Waals surface area contributed by atoms with Crippen LogP contribution in [0.25, 0.3) is 0 Å². The molecule has 0 aliphatic heterocycles. The summed E-state index contributed by atoms with van der Waals surface area (Å²) in [6, 6.07) is 0. The van der Waals surface area contributed by atoms with E-state index >= 15 is 0 Å². The van der Waals surface area contributed by atoms with Crippen LogP contribution in [0.1, 0.15) is 33.7 Å². The number of hydrogen-bond donors (Lipinski definition) is 2. The summed E-state index contributed by atoms with van der Waals surface area (Å²) in [6.07, 6.45) is 1.01. The van der Waals surface area contributed by atoms with Crippen molar-refractivity contribution in [1.82, 2.24) is 15.3 Å². The Balaban J connectivity index is 2.02. The molecule has 8 heteroatoms. The van der Waals surface area contributed by atoms with Crippen LogP contribution in [0.3, 0.4) is 0 Å². The lowest BCUT2D eigenvalue weighted by Gasteiger charge is -2.13. The molecule has 2 aromatic rings. The van der Waals surface area contributed by atoms with Crippen LogP contribution in [-0.2, 0) is 6.54 Å². The Morgan fingerprint density at radius 1 is 1.48 bits per heavy atom. The van der Waals surface area contributed by atoms with Crippen LogP contribution in [0, 0.1) is 6.92 Å². The Morgan fingerprint density at radius 3 is 2.86 bits per heavy atom. The highest BCUT2D eigenvalue weighted by Gasteiger charge is 2.18. The summed E-state index contributed by atoms with van der Waals surface area (Å²) < 4.78 is 0. The topological polar surface area (TPSA) is 84.1 Å². The molecule has 0 unspecified atom stereocenters. The Morgan fingerprint density at radius 2 is 2.24 bits per heavy atom. The Kier molecular flexibility index (Phi) is 5.13. The maximum absolute atomic E-state index is 12.2. The van der Waals surface area contributed by atoms with E-state index in [9.17, 15) is 4.79 Å².